The van der Waals surface area contributed by atoms with Gasteiger partial charge >= 0.3 is 0 Å². The number of aliphatic imine (C=N–C) groups is 1. The van der Waals surface area contributed by atoms with Gasteiger partial charge in [0.2, 0.25) is 0 Å². The third kappa shape index (κ3) is 5.01. The molecule has 2 rings (SSSR count). The zero-order chi connectivity index (χ0) is 16.5. The summed E-state index contributed by atoms with van der Waals surface area (Å²) < 4.78 is 0. The van der Waals surface area contributed by atoms with Crippen LogP contribution in [0.5, 0.6) is 0 Å². The van der Waals surface area contributed by atoms with E-state index in [1.54, 1.807) is 0 Å². The van der Waals surface area contributed by atoms with Crippen LogP contribution in [0.4, 0.5) is 0 Å². The molecule has 0 amide bonds. The van der Waals surface area contributed by atoms with Crippen molar-refractivity contribution in [3.05, 3.63) is 35.4 Å². The Labute approximate surface area is 140 Å². The van der Waals surface area contributed by atoms with Crippen molar-refractivity contribution in [3.8, 4) is 12.3 Å². The number of nitrogens with zero attached hydrogens (tertiary/aromatic N) is 2. The topological polar surface area (TPSA) is 39.7 Å². The number of hydrogen-bond acceptors (Lipinski definition) is 2. The molecule has 2 N–H and O–H groups in total. The molecule has 0 aliphatic carbocycles. The molecule has 0 spiro atoms. The lowest BCUT2D eigenvalue weighted by molar-refractivity contribution is 0.178. The Bertz CT molecular complexity index is 559. The summed E-state index contributed by atoms with van der Waals surface area (Å²) in [5.74, 6) is 3.40. The van der Waals surface area contributed by atoms with Gasteiger partial charge in [-0.05, 0) is 30.9 Å². The Balaban J connectivity index is 1.98. The van der Waals surface area contributed by atoms with E-state index in [0.717, 1.165) is 45.0 Å². The Morgan fingerprint density at radius 3 is 2.78 bits per heavy atom. The SMILES string of the molecule is C#CCNC(=NCC(CC)N1CCc2ccccc2C1)NCC. The van der Waals surface area contributed by atoms with Crippen molar-refractivity contribution in [1.82, 2.24) is 15.5 Å². The summed E-state index contributed by atoms with van der Waals surface area (Å²) in [4.78, 5) is 7.26. The lowest BCUT2D eigenvalue weighted by Gasteiger charge is -2.34. The van der Waals surface area contributed by atoms with E-state index < -0.39 is 0 Å². The van der Waals surface area contributed by atoms with Gasteiger partial charge in [-0.25, -0.2) is 0 Å². The first kappa shape index (κ1) is 17.4. The molecule has 124 valence electrons. The van der Waals surface area contributed by atoms with E-state index in [1.165, 1.54) is 11.1 Å². The van der Waals surface area contributed by atoms with Crippen LogP contribution in [0, 0.1) is 12.3 Å². The normalized spacial score (nSPS) is 16.3. The molecule has 1 atom stereocenters. The summed E-state index contributed by atoms with van der Waals surface area (Å²) in [6.45, 7) is 8.56. The highest BCUT2D eigenvalue weighted by Gasteiger charge is 2.22. The minimum atomic E-state index is 0.463. The molecule has 1 aromatic carbocycles. The molecule has 0 saturated carbocycles. The van der Waals surface area contributed by atoms with Crippen molar-refractivity contribution in [2.75, 3.05) is 26.2 Å². The maximum Gasteiger partial charge on any atom is 0.192 e. The highest BCUT2D eigenvalue weighted by Crippen LogP contribution is 2.21. The molecular weight excluding hydrogens is 284 g/mol. The number of guanidine groups is 1. The molecule has 0 saturated heterocycles. The Kier molecular flexibility index (Phi) is 6.96. The van der Waals surface area contributed by atoms with Crippen LogP contribution < -0.4 is 10.6 Å². The van der Waals surface area contributed by atoms with E-state index in [9.17, 15) is 0 Å². The van der Waals surface area contributed by atoms with E-state index in [4.69, 9.17) is 11.4 Å². The molecule has 1 aliphatic rings. The van der Waals surface area contributed by atoms with Crippen LogP contribution in [0.25, 0.3) is 0 Å². The van der Waals surface area contributed by atoms with Gasteiger partial charge in [-0.2, -0.15) is 0 Å². The maximum absolute atomic E-state index is 5.31. The average molecular weight is 312 g/mol. The quantitative estimate of drug-likeness (QED) is 0.479. The van der Waals surface area contributed by atoms with Crippen molar-refractivity contribution in [2.24, 2.45) is 4.99 Å². The molecule has 23 heavy (non-hydrogen) atoms. The minimum absolute atomic E-state index is 0.463. The third-order valence-corrected chi connectivity index (χ3v) is 4.31. The van der Waals surface area contributed by atoms with Crippen LogP contribution in [0.2, 0.25) is 0 Å². The minimum Gasteiger partial charge on any atom is -0.357 e. The van der Waals surface area contributed by atoms with Crippen LogP contribution in [0.1, 0.15) is 31.4 Å². The molecule has 0 aromatic heterocycles. The van der Waals surface area contributed by atoms with E-state index in [-0.39, 0.29) is 0 Å². The first-order chi connectivity index (χ1) is 11.3. The molecule has 1 aromatic rings. The molecule has 0 fully saturated rings. The average Bonchev–Trinajstić information content (AvgIpc) is 2.60. The van der Waals surface area contributed by atoms with E-state index in [0.29, 0.717) is 12.6 Å². The monoisotopic (exact) mass is 312 g/mol. The lowest BCUT2D eigenvalue weighted by atomic mass is 9.98. The van der Waals surface area contributed by atoms with Gasteiger partial charge in [0, 0.05) is 25.7 Å². The maximum atomic E-state index is 5.31. The van der Waals surface area contributed by atoms with Crippen molar-refractivity contribution in [1.29, 1.82) is 0 Å². The largest absolute Gasteiger partial charge is 0.357 e. The number of nitrogens with one attached hydrogen (secondary N) is 2. The second-order valence-electron chi connectivity index (χ2n) is 5.83. The van der Waals surface area contributed by atoms with Gasteiger partial charge in [0.1, 0.15) is 0 Å². The number of benzene rings is 1. The molecule has 1 unspecified atom stereocenters. The van der Waals surface area contributed by atoms with Gasteiger partial charge in [0.25, 0.3) is 0 Å². The van der Waals surface area contributed by atoms with Gasteiger partial charge < -0.3 is 10.6 Å². The predicted molar refractivity (Wildman–Crippen MR) is 97.4 cm³/mol. The first-order valence-electron chi connectivity index (χ1n) is 8.54. The van der Waals surface area contributed by atoms with E-state index in [2.05, 4.69) is 59.6 Å². The molecular formula is C19H28N4. The Hall–Kier alpha value is -1.99. The second kappa shape index (κ2) is 9.22. The molecule has 4 nitrogen and oxygen atoms in total. The molecule has 0 radical (unpaired) electrons. The Morgan fingerprint density at radius 2 is 2.09 bits per heavy atom. The van der Waals surface area contributed by atoms with E-state index in [1.807, 2.05) is 0 Å². The third-order valence-electron chi connectivity index (χ3n) is 4.31. The number of fused-ring (bicyclic) bond motifs is 1. The fourth-order valence-electron chi connectivity index (χ4n) is 3.01. The molecule has 4 heteroatoms. The van der Waals surface area contributed by atoms with Gasteiger partial charge in [0.15, 0.2) is 5.96 Å². The summed E-state index contributed by atoms with van der Waals surface area (Å²) in [5.41, 5.74) is 2.95. The highest BCUT2D eigenvalue weighted by atomic mass is 15.2. The van der Waals surface area contributed by atoms with Gasteiger partial charge in [-0.15, -0.1) is 6.42 Å². The smallest absolute Gasteiger partial charge is 0.192 e. The zero-order valence-corrected chi connectivity index (χ0v) is 14.3. The fourth-order valence-corrected chi connectivity index (χ4v) is 3.01. The van der Waals surface area contributed by atoms with Crippen molar-refractivity contribution >= 4 is 5.96 Å². The fraction of sp³-hybridized carbons (Fsp3) is 0.526. The van der Waals surface area contributed by atoms with Crippen molar-refractivity contribution in [2.45, 2.75) is 39.3 Å². The summed E-state index contributed by atoms with van der Waals surface area (Å²) >= 11 is 0. The zero-order valence-electron chi connectivity index (χ0n) is 14.3. The highest BCUT2D eigenvalue weighted by molar-refractivity contribution is 5.80. The lowest BCUT2D eigenvalue weighted by Crippen LogP contribution is -2.42. The number of terminal acetylenes is 1. The molecule has 0 bridgehead atoms. The van der Waals surface area contributed by atoms with E-state index >= 15 is 0 Å². The predicted octanol–water partition coefficient (Wildman–Crippen LogP) is 2.01. The van der Waals surface area contributed by atoms with Crippen LogP contribution in [0.3, 0.4) is 0 Å². The number of hydrogen-bond donors (Lipinski definition) is 2. The Morgan fingerprint density at radius 1 is 1.30 bits per heavy atom. The standard InChI is InChI=1S/C19H28N4/c1-4-12-21-19(20-6-3)22-14-18(5-2)23-13-11-16-9-7-8-10-17(16)15-23/h1,7-10,18H,5-6,11-15H2,2-3H3,(H2,20,21,22). The second-order valence-corrected chi connectivity index (χ2v) is 5.83. The van der Waals surface area contributed by atoms with Crippen LogP contribution >= 0.6 is 0 Å². The summed E-state index contributed by atoms with van der Waals surface area (Å²) in [6.07, 6.45) is 7.54. The van der Waals surface area contributed by atoms with Crippen LogP contribution in [0.15, 0.2) is 29.3 Å². The van der Waals surface area contributed by atoms with Crippen molar-refractivity contribution < 1.29 is 0 Å². The summed E-state index contributed by atoms with van der Waals surface area (Å²) in [5, 5.41) is 6.39. The van der Waals surface area contributed by atoms with Gasteiger partial charge in [-0.1, -0.05) is 37.1 Å². The van der Waals surface area contributed by atoms with Crippen molar-refractivity contribution in [3.63, 3.8) is 0 Å². The summed E-state index contributed by atoms with van der Waals surface area (Å²) in [6, 6.07) is 9.23. The molecule has 1 aliphatic heterocycles. The van der Waals surface area contributed by atoms with Crippen LogP contribution in [-0.2, 0) is 13.0 Å². The number of rotatable bonds is 6. The van der Waals surface area contributed by atoms with Gasteiger partial charge in [0.05, 0.1) is 13.1 Å². The first-order valence-corrected chi connectivity index (χ1v) is 8.54. The molecule has 1 heterocycles. The summed E-state index contributed by atoms with van der Waals surface area (Å²) in [7, 11) is 0. The van der Waals surface area contributed by atoms with Crippen LogP contribution in [-0.4, -0.2) is 43.1 Å². The van der Waals surface area contributed by atoms with Gasteiger partial charge in [-0.3, -0.25) is 9.89 Å².